The Bertz CT molecular complexity index is 413. The predicted molar refractivity (Wildman–Crippen MR) is 49.9 cm³/mol. The molecule has 0 spiro atoms. The van der Waals surface area contributed by atoms with Gasteiger partial charge in [-0.25, -0.2) is 9.79 Å². The smallest absolute Gasteiger partial charge is 0.258 e. The van der Waals surface area contributed by atoms with Gasteiger partial charge >= 0.3 is 0 Å². The van der Waals surface area contributed by atoms with Crippen LogP contribution in [0.4, 0.5) is 5.69 Å². The van der Waals surface area contributed by atoms with E-state index >= 15 is 0 Å². The fraction of sp³-hybridized carbons (Fsp3) is 0.125. The lowest BCUT2D eigenvalue weighted by molar-refractivity contribution is -0.385. The van der Waals surface area contributed by atoms with Crippen LogP contribution < -0.4 is 0 Å². The van der Waals surface area contributed by atoms with E-state index in [9.17, 15) is 14.9 Å². The zero-order chi connectivity index (χ0) is 10.6. The molecule has 5 nitrogen and oxygen atoms in total. The van der Waals surface area contributed by atoms with Crippen molar-refractivity contribution in [2.75, 3.05) is 0 Å². The molecule has 0 N–H and O–H groups in total. The summed E-state index contributed by atoms with van der Waals surface area (Å²) in [5.41, 5.74) is 0.194. The summed E-state index contributed by atoms with van der Waals surface area (Å²) in [5.74, 6) is 0. The maximum atomic E-state index is 10.5. The third-order valence-corrected chi connectivity index (χ3v) is 1.79. The van der Waals surface area contributed by atoms with Crippen LogP contribution in [0.15, 0.2) is 23.2 Å². The normalized spacial score (nSPS) is 9.21. The first kappa shape index (κ1) is 10.4. The Morgan fingerprint density at radius 2 is 2.29 bits per heavy atom. The van der Waals surface area contributed by atoms with E-state index in [4.69, 9.17) is 11.6 Å². The maximum absolute atomic E-state index is 10.5. The molecule has 0 bridgehead atoms. The number of aliphatic imine (C=N–C) groups is 1. The van der Waals surface area contributed by atoms with Crippen molar-refractivity contribution in [2.24, 2.45) is 4.99 Å². The molecule has 0 radical (unpaired) electrons. The van der Waals surface area contributed by atoms with Gasteiger partial charge in [0, 0.05) is 11.1 Å². The highest BCUT2D eigenvalue weighted by atomic mass is 35.5. The van der Waals surface area contributed by atoms with Gasteiger partial charge in [-0.2, -0.15) is 0 Å². The van der Waals surface area contributed by atoms with E-state index < -0.39 is 4.92 Å². The standard InChI is InChI=1S/C8H5ClN2O3/c9-7-1-2-8(11(13)14)6(3-7)4-10-5-12/h1-3H,4H2. The van der Waals surface area contributed by atoms with E-state index in [2.05, 4.69) is 4.99 Å². The highest BCUT2D eigenvalue weighted by Gasteiger charge is 2.12. The number of hydrogen-bond donors (Lipinski definition) is 0. The molecule has 0 aliphatic carbocycles. The van der Waals surface area contributed by atoms with Crippen molar-refractivity contribution in [3.05, 3.63) is 38.9 Å². The van der Waals surface area contributed by atoms with E-state index in [-0.39, 0.29) is 12.2 Å². The Morgan fingerprint density at radius 1 is 1.57 bits per heavy atom. The first-order valence-electron chi connectivity index (χ1n) is 3.61. The Morgan fingerprint density at radius 3 is 2.86 bits per heavy atom. The molecule has 0 atom stereocenters. The molecule has 72 valence electrons. The molecule has 1 rings (SSSR count). The number of halogens is 1. The van der Waals surface area contributed by atoms with Gasteiger partial charge in [0.25, 0.3) is 5.69 Å². The van der Waals surface area contributed by atoms with Crippen LogP contribution in [0.3, 0.4) is 0 Å². The first-order valence-corrected chi connectivity index (χ1v) is 3.99. The van der Waals surface area contributed by atoms with Crippen molar-refractivity contribution in [1.29, 1.82) is 0 Å². The van der Waals surface area contributed by atoms with Crippen LogP contribution >= 0.6 is 11.6 Å². The number of nitrogens with zero attached hydrogens (tertiary/aromatic N) is 2. The molecular formula is C8H5ClN2O3. The summed E-state index contributed by atoms with van der Waals surface area (Å²) < 4.78 is 0. The molecule has 0 aliphatic heterocycles. The van der Waals surface area contributed by atoms with Crippen LogP contribution in [0.1, 0.15) is 5.56 Å². The first-order chi connectivity index (χ1) is 6.65. The fourth-order valence-corrected chi connectivity index (χ4v) is 1.17. The van der Waals surface area contributed by atoms with Gasteiger partial charge in [0.05, 0.1) is 17.0 Å². The van der Waals surface area contributed by atoms with E-state index in [0.717, 1.165) is 0 Å². The molecule has 14 heavy (non-hydrogen) atoms. The molecular weight excluding hydrogens is 208 g/mol. The van der Waals surface area contributed by atoms with Crippen LogP contribution in [0, 0.1) is 10.1 Å². The van der Waals surface area contributed by atoms with E-state index in [0.29, 0.717) is 10.6 Å². The SMILES string of the molecule is O=C=NCc1cc(Cl)ccc1[N+](=O)[O-]. The summed E-state index contributed by atoms with van der Waals surface area (Å²) in [6, 6.07) is 4.09. The zero-order valence-electron chi connectivity index (χ0n) is 6.94. The lowest BCUT2D eigenvalue weighted by Gasteiger charge is -1.98. The Kier molecular flexibility index (Phi) is 3.34. The van der Waals surface area contributed by atoms with Gasteiger partial charge in [-0.15, -0.1) is 0 Å². The minimum atomic E-state index is -0.550. The van der Waals surface area contributed by atoms with Gasteiger partial charge in [-0.05, 0) is 12.1 Å². The van der Waals surface area contributed by atoms with E-state index in [1.807, 2.05) is 0 Å². The zero-order valence-corrected chi connectivity index (χ0v) is 7.69. The predicted octanol–water partition coefficient (Wildman–Crippen LogP) is 2.08. The van der Waals surface area contributed by atoms with Crippen LogP contribution in [0.2, 0.25) is 5.02 Å². The quantitative estimate of drug-likeness (QED) is 0.333. The summed E-state index contributed by atoms with van der Waals surface area (Å²) in [6.45, 7) is -0.0830. The molecule has 0 fully saturated rings. The second-order valence-corrected chi connectivity index (χ2v) is 2.87. The van der Waals surface area contributed by atoms with Crippen LogP contribution in [0.5, 0.6) is 0 Å². The van der Waals surface area contributed by atoms with Gasteiger partial charge < -0.3 is 0 Å². The second-order valence-electron chi connectivity index (χ2n) is 2.44. The summed E-state index contributed by atoms with van der Waals surface area (Å²) in [7, 11) is 0. The number of hydrogen-bond acceptors (Lipinski definition) is 4. The van der Waals surface area contributed by atoms with Crippen molar-refractivity contribution >= 4 is 23.4 Å². The largest absolute Gasteiger partial charge is 0.274 e. The molecule has 0 amide bonds. The van der Waals surface area contributed by atoms with Crippen molar-refractivity contribution in [1.82, 2.24) is 0 Å². The highest BCUT2D eigenvalue weighted by molar-refractivity contribution is 6.30. The van der Waals surface area contributed by atoms with Crippen molar-refractivity contribution in [3.63, 3.8) is 0 Å². The van der Waals surface area contributed by atoms with Crippen molar-refractivity contribution in [2.45, 2.75) is 6.54 Å². The number of benzene rings is 1. The number of carbonyl (C=O) groups excluding carboxylic acids is 1. The molecule has 1 aromatic rings. The van der Waals surface area contributed by atoms with Crippen molar-refractivity contribution in [3.8, 4) is 0 Å². The summed E-state index contributed by atoms with van der Waals surface area (Å²) in [6.07, 6.45) is 1.31. The van der Waals surface area contributed by atoms with Gasteiger partial charge in [-0.3, -0.25) is 10.1 Å². The second kappa shape index (κ2) is 4.50. The monoisotopic (exact) mass is 212 g/mol. The summed E-state index contributed by atoms with van der Waals surface area (Å²) in [4.78, 5) is 23.1. The summed E-state index contributed by atoms with van der Waals surface area (Å²) >= 11 is 5.64. The van der Waals surface area contributed by atoms with Crippen molar-refractivity contribution < 1.29 is 9.72 Å². The van der Waals surface area contributed by atoms with Gasteiger partial charge in [0.1, 0.15) is 0 Å². The molecule has 0 saturated carbocycles. The lowest BCUT2D eigenvalue weighted by atomic mass is 10.2. The molecule has 0 saturated heterocycles. The average molecular weight is 213 g/mol. The van der Waals surface area contributed by atoms with Gasteiger partial charge in [0.2, 0.25) is 6.08 Å². The number of rotatable bonds is 3. The van der Waals surface area contributed by atoms with Crippen LogP contribution in [-0.4, -0.2) is 11.0 Å². The molecule has 6 heteroatoms. The number of nitro benzene ring substituents is 1. The number of isocyanates is 1. The topological polar surface area (TPSA) is 72.6 Å². The maximum Gasteiger partial charge on any atom is 0.274 e. The molecule has 0 unspecified atom stereocenters. The van der Waals surface area contributed by atoms with E-state index in [1.54, 1.807) is 0 Å². The lowest BCUT2D eigenvalue weighted by Crippen LogP contribution is -1.94. The highest BCUT2D eigenvalue weighted by Crippen LogP contribution is 2.23. The minimum Gasteiger partial charge on any atom is -0.258 e. The molecule has 1 aromatic carbocycles. The summed E-state index contributed by atoms with van der Waals surface area (Å²) in [5, 5.41) is 10.9. The Labute approximate surface area is 84.2 Å². The third kappa shape index (κ3) is 2.39. The molecule has 0 aliphatic rings. The van der Waals surface area contributed by atoms with Crippen LogP contribution in [-0.2, 0) is 11.3 Å². The van der Waals surface area contributed by atoms with E-state index in [1.165, 1.54) is 24.3 Å². The molecule has 0 heterocycles. The van der Waals surface area contributed by atoms with Gasteiger partial charge in [0.15, 0.2) is 0 Å². The van der Waals surface area contributed by atoms with Gasteiger partial charge in [-0.1, -0.05) is 11.6 Å². The van der Waals surface area contributed by atoms with Crippen LogP contribution in [0.25, 0.3) is 0 Å². The Balaban J connectivity index is 3.15. The number of nitro groups is 1. The average Bonchev–Trinajstić information content (AvgIpc) is 2.14. The third-order valence-electron chi connectivity index (χ3n) is 1.55. The Hall–Kier alpha value is -1.71. The minimum absolute atomic E-state index is 0.0830. The molecule has 0 aromatic heterocycles. The fourth-order valence-electron chi connectivity index (χ4n) is 0.976.